The Morgan fingerprint density at radius 2 is 1.90 bits per heavy atom. The lowest BCUT2D eigenvalue weighted by Gasteiger charge is -2.31. The van der Waals surface area contributed by atoms with Crippen molar-refractivity contribution in [2.75, 3.05) is 30.8 Å². The average Bonchev–Trinajstić information content (AvgIpc) is 3.09. The minimum Gasteiger partial charge on any atom is -0.353 e. The SMILES string of the molecule is CCC(C)c1ccccc1N1CC(C(=O)NC2CCN(S(C)(=O)=O)CC2)CC1=O. The van der Waals surface area contributed by atoms with Crippen LogP contribution in [0.2, 0.25) is 0 Å². The zero-order chi connectivity index (χ0) is 21.2. The van der Waals surface area contributed by atoms with Crippen molar-refractivity contribution in [1.82, 2.24) is 9.62 Å². The monoisotopic (exact) mass is 421 g/mol. The summed E-state index contributed by atoms with van der Waals surface area (Å²) in [4.78, 5) is 27.2. The lowest BCUT2D eigenvalue weighted by molar-refractivity contribution is -0.127. The van der Waals surface area contributed by atoms with E-state index in [1.165, 1.54) is 10.6 Å². The number of nitrogens with zero attached hydrogens (tertiary/aromatic N) is 2. The first-order valence-corrected chi connectivity index (χ1v) is 12.2. The average molecular weight is 422 g/mol. The summed E-state index contributed by atoms with van der Waals surface area (Å²) in [7, 11) is -3.18. The van der Waals surface area contributed by atoms with Crippen molar-refractivity contribution >= 4 is 27.5 Å². The van der Waals surface area contributed by atoms with E-state index >= 15 is 0 Å². The van der Waals surface area contributed by atoms with Crippen molar-refractivity contribution in [3.05, 3.63) is 29.8 Å². The van der Waals surface area contributed by atoms with Crippen LogP contribution in [0.3, 0.4) is 0 Å². The quantitative estimate of drug-likeness (QED) is 0.762. The molecule has 2 fully saturated rings. The van der Waals surface area contributed by atoms with Crippen LogP contribution >= 0.6 is 0 Å². The van der Waals surface area contributed by atoms with Gasteiger partial charge in [-0.15, -0.1) is 0 Å². The van der Waals surface area contributed by atoms with Crippen molar-refractivity contribution in [2.45, 2.75) is 51.5 Å². The molecule has 8 heteroatoms. The highest BCUT2D eigenvalue weighted by Crippen LogP contribution is 2.33. The van der Waals surface area contributed by atoms with E-state index in [1.807, 2.05) is 18.2 Å². The normalized spacial score (nSPS) is 22.7. The molecule has 160 valence electrons. The molecule has 2 amide bonds. The van der Waals surface area contributed by atoms with Crippen LogP contribution in [0.15, 0.2) is 24.3 Å². The van der Waals surface area contributed by atoms with Crippen molar-refractivity contribution in [3.8, 4) is 0 Å². The maximum atomic E-state index is 12.8. The Labute approximate surface area is 173 Å². The van der Waals surface area contributed by atoms with E-state index in [1.54, 1.807) is 4.90 Å². The fraction of sp³-hybridized carbons (Fsp3) is 0.619. The lowest BCUT2D eigenvalue weighted by Crippen LogP contribution is -2.47. The molecule has 0 spiro atoms. The van der Waals surface area contributed by atoms with E-state index in [0.717, 1.165) is 17.7 Å². The van der Waals surface area contributed by atoms with E-state index in [-0.39, 0.29) is 30.2 Å². The zero-order valence-corrected chi connectivity index (χ0v) is 18.2. The summed E-state index contributed by atoms with van der Waals surface area (Å²) in [6.07, 6.45) is 3.60. The molecule has 0 aliphatic carbocycles. The van der Waals surface area contributed by atoms with Gasteiger partial charge >= 0.3 is 0 Å². The molecule has 3 rings (SSSR count). The van der Waals surface area contributed by atoms with Crippen LogP contribution in [-0.4, -0.2) is 56.5 Å². The maximum absolute atomic E-state index is 12.8. The highest BCUT2D eigenvalue weighted by atomic mass is 32.2. The standard InChI is InChI=1S/C21H31N3O4S/c1-4-15(2)18-7-5-6-8-19(18)24-14-16(13-20(24)25)21(26)22-17-9-11-23(12-10-17)29(3,27)28/h5-8,15-17H,4,9-14H2,1-3H3,(H,22,26). The number of carbonyl (C=O) groups excluding carboxylic acids is 2. The van der Waals surface area contributed by atoms with E-state index in [2.05, 4.69) is 25.2 Å². The summed E-state index contributed by atoms with van der Waals surface area (Å²) in [5, 5.41) is 3.03. The number of piperidine rings is 1. The van der Waals surface area contributed by atoms with Gasteiger partial charge in [0.2, 0.25) is 21.8 Å². The summed E-state index contributed by atoms with van der Waals surface area (Å²) in [6.45, 7) is 5.49. The first kappa shape index (κ1) is 21.8. The Bertz CT molecular complexity index is 862. The van der Waals surface area contributed by atoms with Crippen LogP contribution in [-0.2, 0) is 19.6 Å². The largest absolute Gasteiger partial charge is 0.353 e. The van der Waals surface area contributed by atoms with Crippen molar-refractivity contribution in [2.24, 2.45) is 5.92 Å². The minimum absolute atomic E-state index is 0.0206. The van der Waals surface area contributed by atoms with Crippen LogP contribution < -0.4 is 10.2 Å². The number of carbonyl (C=O) groups is 2. The van der Waals surface area contributed by atoms with Gasteiger partial charge in [0.15, 0.2) is 0 Å². The Morgan fingerprint density at radius 3 is 2.52 bits per heavy atom. The number of anilines is 1. The number of rotatable bonds is 6. The van der Waals surface area contributed by atoms with Crippen molar-refractivity contribution in [1.29, 1.82) is 0 Å². The third-order valence-corrected chi connectivity index (χ3v) is 7.44. The molecule has 1 N–H and O–H groups in total. The zero-order valence-electron chi connectivity index (χ0n) is 17.4. The molecule has 0 saturated carbocycles. The second-order valence-electron chi connectivity index (χ2n) is 8.22. The van der Waals surface area contributed by atoms with Gasteiger partial charge in [0.05, 0.1) is 12.2 Å². The predicted octanol–water partition coefficient (Wildman–Crippen LogP) is 2.09. The smallest absolute Gasteiger partial charge is 0.227 e. The van der Waals surface area contributed by atoms with Gasteiger partial charge in [-0.3, -0.25) is 9.59 Å². The van der Waals surface area contributed by atoms with Gasteiger partial charge in [0, 0.05) is 37.8 Å². The highest BCUT2D eigenvalue weighted by molar-refractivity contribution is 7.88. The predicted molar refractivity (Wildman–Crippen MR) is 113 cm³/mol. The summed E-state index contributed by atoms with van der Waals surface area (Å²) >= 11 is 0. The number of nitrogens with one attached hydrogen (secondary N) is 1. The number of sulfonamides is 1. The maximum Gasteiger partial charge on any atom is 0.227 e. The molecule has 2 unspecified atom stereocenters. The number of para-hydroxylation sites is 1. The van der Waals surface area contributed by atoms with Crippen LogP contribution in [0.4, 0.5) is 5.69 Å². The molecule has 2 aliphatic heterocycles. The lowest BCUT2D eigenvalue weighted by atomic mass is 9.96. The van der Waals surface area contributed by atoms with Gasteiger partial charge in [-0.2, -0.15) is 0 Å². The van der Waals surface area contributed by atoms with Gasteiger partial charge in [-0.25, -0.2) is 12.7 Å². The second kappa shape index (κ2) is 8.83. The molecule has 0 radical (unpaired) electrons. The number of benzene rings is 1. The molecular formula is C21H31N3O4S. The second-order valence-corrected chi connectivity index (χ2v) is 10.2. The van der Waals surface area contributed by atoms with E-state index < -0.39 is 10.0 Å². The van der Waals surface area contributed by atoms with E-state index in [4.69, 9.17) is 0 Å². The van der Waals surface area contributed by atoms with Crippen molar-refractivity contribution in [3.63, 3.8) is 0 Å². The molecule has 0 aromatic heterocycles. The molecule has 7 nitrogen and oxygen atoms in total. The van der Waals surface area contributed by atoms with Gasteiger partial charge in [0.1, 0.15) is 0 Å². The molecular weight excluding hydrogens is 390 g/mol. The fourth-order valence-corrected chi connectivity index (χ4v) is 5.01. The first-order chi connectivity index (χ1) is 13.7. The van der Waals surface area contributed by atoms with E-state index in [0.29, 0.717) is 38.4 Å². The summed E-state index contributed by atoms with van der Waals surface area (Å²) < 4.78 is 24.7. The molecule has 2 saturated heterocycles. The van der Waals surface area contributed by atoms with Gasteiger partial charge < -0.3 is 10.2 Å². The number of amides is 2. The molecule has 1 aromatic carbocycles. The van der Waals surface area contributed by atoms with Gasteiger partial charge in [-0.05, 0) is 36.8 Å². The topological polar surface area (TPSA) is 86.8 Å². The van der Waals surface area contributed by atoms with Crippen LogP contribution in [0.25, 0.3) is 0 Å². The number of hydrogen-bond donors (Lipinski definition) is 1. The molecule has 2 atom stereocenters. The van der Waals surface area contributed by atoms with Crippen molar-refractivity contribution < 1.29 is 18.0 Å². The summed E-state index contributed by atoms with van der Waals surface area (Å²) in [5.41, 5.74) is 2.04. The number of hydrogen-bond acceptors (Lipinski definition) is 4. The third-order valence-electron chi connectivity index (χ3n) is 6.14. The fourth-order valence-electron chi connectivity index (χ4n) is 4.14. The Kier molecular flexibility index (Phi) is 6.63. The molecule has 1 aromatic rings. The first-order valence-electron chi connectivity index (χ1n) is 10.4. The van der Waals surface area contributed by atoms with Gasteiger partial charge in [-0.1, -0.05) is 32.0 Å². The molecule has 2 heterocycles. The summed E-state index contributed by atoms with van der Waals surface area (Å²) in [5.74, 6) is -0.167. The minimum atomic E-state index is -3.18. The Balaban J connectivity index is 1.62. The Morgan fingerprint density at radius 1 is 1.24 bits per heavy atom. The van der Waals surface area contributed by atoms with Crippen LogP contribution in [0, 0.1) is 5.92 Å². The summed E-state index contributed by atoms with van der Waals surface area (Å²) in [6, 6.07) is 7.88. The molecule has 0 bridgehead atoms. The van der Waals surface area contributed by atoms with Gasteiger partial charge in [0.25, 0.3) is 0 Å². The Hall–Kier alpha value is -1.93. The highest BCUT2D eigenvalue weighted by Gasteiger charge is 2.37. The van der Waals surface area contributed by atoms with E-state index in [9.17, 15) is 18.0 Å². The van der Waals surface area contributed by atoms with Crippen LogP contribution in [0.5, 0.6) is 0 Å². The third kappa shape index (κ3) is 4.98. The van der Waals surface area contributed by atoms with Crippen LogP contribution in [0.1, 0.15) is 51.0 Å². The molecule has 29 heavy (non-hydrogen) atoms. The molecule has 2 aliphatic rings.